The maximum atomic E-state index is 8.94. The third-order valence-corrected chi connectivity index (χ3v) is 3.92. The number of hydrogen-bond acceptors (Lipinski definition) is 2. The van der Waals surface area contributed by atoms with Gasteiger partial charge in [0.15, 0.2) is 0 Å². The van der Waals surface area contributed by atoms with Gasteiger partial charge in [0.2, 0.25) is 0 Å². The minimum Gasteiger partial charge on any atom is -0.411 e. The summed E-state index contributed by atoms with van der Waals surface area (Å²) >= 11 is 0. The summed E-state index contributed by atoms with van der Waals surface area (Å²) in [5, 5.41) is 12.5. The van der Waals surface area contributed by atoms with Gasteiger partial charge in [-0.1, -0.05) is 19.0 Å². The topological polar surface area (TPSA) is 32.6 Å². The molecule has 68 valence electrons. The molecule has 0 saturated heterocycles. The Labute approximate surface area is 73.7 Å². The van der Waals surface area contributed by atoms with Gasteiger partial charge in [0.1, 0.15) is 0 Å². The molecule has 0 spiro atoms. The largest absolute Gasteiger partial charge is 0.411 e. The first kappa shape index (κ1) is 8.09. The molecule has 2 nitrogen and oxygen atoms in total. The Balaban J connectivity index is 2.33. The van der Waals surface area contributed by atoms with Gasteiger partial charge >= 0.3 is 0 Å². The Morgan fingerprint density at radius 1 is 1.42 bits per heavy atom. The predicted molar refractivity (Wildman–Crippen MR) is 48.5 cm³/mol. The van der Waals surface area contributed by atoms with Crippen molar-refractivity contribution in [1.82, 2.24) is 0 Å². The number of hydrogen-bond donors (Lipinski definition) is 1. The third kappa shape index (κ3) is 0.900. The number of fused-ring (bicyclic) bond motifs is 2. The second-order valence-electron chi connectivity index (χ2n) is 4.71. The van der Waals surface area contributed by atoms with Crippen molar-refractivity contribution in [2.24, 2.45) is 22.4 Å². The van der Waals surface area contributed by atoms with Crippen LogP contribution in [-0.2, 0) is 0 Å². The molecule has 2 fully saturated rings. The van der Waals surface area contributed by atoms with Gasteiger partial charge in [-0.05, 0) is 31.6 Å². The Morgan fingerprint density at radius 2 is 2.08 bits per heavy atom. The maximum Gasteiger partial charge on any atom is 0.0663 e. The van der Waals surface area contributed by atoms with Crippen molar-refractivity contribution in [3.8, 4) is 0 Å². The molecule has 0 amide bonds. The molecule has 0 aromatic heterocycles. The summed E-state index contributed by atoms with van der Waals surface area (Å²) in [5.41, 5.74) is 1.33. The first-order valence-electron chi connectivity index (χ1n) is 4.90. The van der Waals surface area contributed by atoms with Gasteiger partial charge in [-0.2, -0.15) is 0 Å². The fraction of sp³-hybridized carbons (Fsp3) is 0.900. The van der Waals surface area contributed by atoms with Crippen molar-refractivity contribution in [3.63, 3.8) is 0 Å². The van der Waals surface area contributed by atoms with Crippen molar-refractivity contribution in [3.05, 3.63) is 0 Å². The van der Waals surface area contributed by atoms with Crippen LogP contribution in [0.2, 0.25) is 0 Å². The molecular formula is C10H17NO. The molecule has 0 heterocycles. The zero-order valence-electron chi connectivity index (χ0n) is 7.88. The van der Waals surface area contributed by atoms with Crippen LogP contribution in [0.25, 0.3) is 0 Å². The lowest BCUT2D eigenvalue weighted by molar-refractivity contribution is 0.279. The Hall–Kier alpha value is -0.530. The minimum absolute atomic E-state index is 0.242. The molecule has 0 aliphatic heterocycles. The van der Waals surface area contributed by atoms with Crippen molar-refractivity contribution in [2.45, 2.75) is 39.5 Å². The van der Waals surface area contributed by atoms with E-state index in [1.807, 2.05) is 0 Å². The van der Waals surface area contributed by atoms with Gasteiger partial charge in [-0.15, -0.1) is 0 Å². The molecule has 3 atom stereocenters. The third-order valence-electron chi connectivity index (χ3n) is 3.92. The summed E-state index contributed by atoms with van der Waals surface area (Å²) < 4.78 is 0. The molecule has 0 radical (unpaired) electrons. The molecule has 2 rings (SSSR count). The van der Waals surface area contributed by atoms with E-state index < -0.39 is 0 Å². The molecule has 12 heavy (non-hydrogen) atoms. The maximum absolute atomic E-state index is 8.94. The van der Waals surface area contributed by atoms with Crippen LogP contribution in [0.4, 0.5) is 0 Å². The quantitative estimate of drug-likeness (QED) is 0.436. The van der Waals surface area contributed by atoms with Crippen molar-refractivity contribution in [2.75, 3.05) is 0 Å². The highest BCUT2D eigenvalue weighted by atomic mass is 16.4. The van der Waals surface area contributed by atoms with E-state index in [1.54, 1.807) is 0 Å². The summed E-state index contributed by atoms with van der Waals surface area (Å²) in [4.78, 5) is 0. The Morgan fingerprint density at radius 3 is 2.67 bits per heavy atom. The average Bonchev–Trinajstić information content (AvgIpc) is 2.31. The van der Waals surface area contributed by atoms with Gasteiger partial charge in [0, 0.05) is 11.3 Å². The molecule has 2 aliphatic carbocycles. The van der Waals surface area contributed by atoms with Crippen LogP contribution in [0.1, 0.15) is 39.5 Å². The Bertz CT molecular complexity index is 224. The van der Waals surface area contributed by atoms with Gasteiger partial charge in [-0.3, -0.25) is 0 Å². The van der Waals surface area contributed by atoms with Crippen LogP contribution in [0, 0.1) is 17.3 Å². The average molecular weight is 167 g/mol. The van der Waals surface area contributed by atoms with E-state index in [4.69, 9.17) is 5.21 Å². The highest BCUT2D eigenvalue weighted by Gasteiger charge is 2.47. The van der Waals surface area contributed by atoms with Crippen molar-refractivity contribution in [1.29, 1.82) is 0 Å². The molecule has 2 aliphatic rings. The first-order valence-corrected chi connectivity index (χ1v) is 4.90. The van der Waals surface area contributed by atoms with Gasteiger partial charge in [-0.25, -0.2) is 0 Å². The minimum atomic E-state index is 0.242. The van der Waals surface area contributed by atoms with Crippen molar-refractivity contribution < 1.29 is 5.21 Å². The van der Waals surface area contributed by atoms with E-state index in [1.165, 1.54) is 25.7 Å². The monoisotopic (exact) mass is 167 g/mol. The molecule has 2 bridgehead atoms. The summed E-state index contributed by atoms with van der Waals surface area (Å²) in [6, 6.07) is 0. The molecular weight excluding hydrogens is 150 g/mol. The molecule has 3 unspecified atom stereocenters. The van der Waals surface area contributed by atoms with Crippen LogP contribution >= 0.6 is 0 Å². The SMILES string of the molecule is CC1CCC2(C)CCC1C2=NO. The van der Waals surface area contributed by atoms with E-state index in [0.717, 1.165) is 11.6 Å². The van der Waals surface area contributed by atoms with Crippen LogP contribution < -0.4 is 0 Å². The standard InChI is InChI=1S/C10H17NO/c1-7-3-5-10(2)6-4-8(7)9(10)11-12/h7-8,12H,3-6H2,1-2H3. The lowest BCUT2D eigenvalue weighted by atomic mass is 9.71. The fourth-order valence-electron chi connectivity index (χ4n) is 2.94. The van der Waals surface area contributed by atoms with Crippen LogP contribution in [0.5, 0.6) is 0 Å². The predicted octanol–water partition coefficient (Wildman–Crippen LogP) is 2.66. The Kier molecular flexibility index (Phi) is 1.67. The summed E-state index contributed by atoms with van der Waals surface area (Å²) in [5.74, 6) is 1.31. The van der Waals surface area contributed by atoms with Crippen molar-refractivity contribution >= 4 is 5.71 Å². The van der Waals surface area contributed by atoms with E-state index in [-0.39, 0.29) is 5.41 Å². The van der Waals surface area contributed by atoms with Gasteiger partial charge < -0.3 is 5.21 Å². The van der Waals surface area contributed by atoms with Gasteiger partial charge in [0.25, 0.3) is 0 Å². The van der Waals surface area contributed by atoms with Crippen LogP contribution in [0.3, 0.4) is 0 Å². The van der Waals surface area contributed by atoms with E-state index in [9.17, 15) is 0 Å². The lowest BCUT2D eigenvalue weighted by Crippen LogP contribution is -2.34. The fourth-order valence-corrected chi connectivity index (χ4v) is 2.94. The molecule has 1 N–H and O–H groups in total. The smallest absolute Gasteiger partial charge is 0.0663 e. The molecule has 2 saturated carbocycles. The molecule has 0 aromatic rings. The van der Waals surface area contributed by atoms with E-state index in [2.05, 4.69) is 19.0 Å². The second kappa shape index (κ2) is 2.48. The zero-order valence-corrected chi connectivity index (χ0v) is 7.88. The second-order valence-corrected chi connectivity index (χ2v) is 4.71. The highest BCUT2D eigenvalue weighted by molar-refractivity contribution is 5.94. The van der Waals surface area contributed by atoms with Gasteiger partial charge in [0.05, 0.1) is 5.71 Å². The number of rotatable bonds is 0. The number of nitrogens with zero attached hydrogens (tertiary/aromatic N) is 1. The zero-order chi connectivity index (χ0) is 8.77. The normalized spacial score (nSPS) is 50.0. The van der Waals surface area contributed by atoms with E-state index >= 15 is 0 Å². The summed E-state index contributed by atoms with van der Waals surface area (Å²) in [7, 11) is 0. The van der Waals surface area contributed by atoms with Crippen LogP contribution in [0.15, 0.2) is 5.16 Å². The van der Waals surface area contributed by atoms with Crippen LogP contribution in [-0.4, -0.2) is 10.9 Å². The number of oxime groups is 1. The molecule has 2 heteroatoms. The lowest BCUT2D eigenvalue weighted by Gasteiger charge is -2.33. The summed E-state index contributed by atoms with van der Waals surface area (Å²) in [6.45, 7) is 4.52. The summed E-state index contributed by atoms with van der Waals surface area (Å²) in [6.07, 6.45) is 4.97. The van der Waals surface area contributed by atoms with E-state index in [0.29, 0.717) is 5.92 Å². The first-order chi connectivity index (χ1) is 5.67. The molecule has 0 aromatic carbocycles. The highest BCUT2D eigenvalue weighted by Crippen LogP contribution is 2.51.